The number of hydrogen-bond donors (Lipinski definition) is 1. The molecule has 1 amide bonds. The fourth-order valence-electron chi connectivity index (χ4n) is 3.79. The van der Waals surface area contributed by atoms with Crippen molar-refractivity contribution in [2.75, 3.05) is 20.2 Å². The van der Waals surface area contributed by atoms with E-state index >= 15 is 0 Å². The number of ether oxygens (including phenoxy) is 1. The molecule has 0 saturated carbocycles. The van der Waals surface area contributed by atoms with E-state index in [9.17, 15) is 13.2 Å². The van der Waals surface area contributed by atoms with Crippen molar-refractivity contribution in [3.8, 4) is 5.75 Å². The van der Waals surface area contributed by atoms with E-state index in [0.29, 0.717) is 19.0 Å². The van der Waals surface area contributed by atoms with E-state index in [1.54, 1.807) is 17.9 Å². The van der Waals surface area contributed by atoms with Gasteiger partial charge in [0.1, 0.15) is 10.6 Å². The van der Waals surface area contributed by atoms with Crippen molar-refractivity contribution >= 4 is 27.5 Å². The summed E-state index contributed by atoms with van der Waals surface area (Å²) < 4.78 is 33.2. The first-order valence-electron chi connectivity index (χ1n) is 9.98. The number of likely N-dealkylation sites (tertiary alicyclic amines) is 1. The molecule has 1 atom stereocenters. The molecule has 8 heteroatoms. The van der Waals surface area contributed by atoms with E-state index in [1.165, 1.54) is 24.8 Å². The lowest BCUT2D eigenvalue weighted by molar-refractivity contribution is -0.133. The Morgan fingerprint density at radius 1 is 1.20 bits per heavy atom. The van der Waals surface area contributed by atoms with Gasteiger partial charge in [-0.2, -0.15) is 4.72 Å². The first kappa shape index (κ1) is 22.6. The first-order valence-corrected chi connectivity index (χ1v) is 11.8. The van der Waals surface area contributed by atoms with Crippen LogP contribution in [0.15, 0.2) is 53.4 Å². The smallest absolute Gasteiger partial charge is 0.245 e. The number of carbonyl (C=O) groups excluding carboxylic acids is 1. The number of piperidine rings is 1. The lowest BCUT2D eigenvalue weighted by atomic mass is 9.90. The quantitative estimate of drug-likeness (QED) is 0.700. The number of benzene rings is 2. The van der Waals surface area contributed by atoms with Gasteiger partial charge in [-0.1, -0.05) is 41.9 Å². The van der Waals surface area contributed by atoms with Crippen LogP contribution >= 0.6 is 11.6 Å². The molecule has 162 valence electrons. The Kier molecular flexibility index (Phi) is 7.39. The average molecular weight is 451 g/mol. The molecule has 6 nitrogen and oxygen atoms in total. The molecule has 1 saturated heterocycles. The van der Waals surface area contributed by atoms with E-state index in [1.807, 2.05) is 18.2 Å². The molecular formula is C22H27ClN2O4S. The van der Waals surface area contributed by atoms with E-state index in [2.05, 4.69) is 16.9 Å². The molecule has 0 bridgehead atoms. The molecule has 30 heavy (non-hydrogen) atoms. The Morgan fingerprint density at radius 3 is 2.50 bits per heavy atom. The van der Waals surface area contributed by atoms with Crippen LogP contribution < -0.4 is 9.46 Å². The largest absolute Gasteiger partial charge is 0.495 e. The van der Waals surface area contributed by atoms with Gasteiger partial charge in [-0.15, -0.1) is 0 Å². The predicted molar refractivity (Wildman–Crippen MR) is 117 cm³/mol. The Bertz CT molecular complexity index is 974. The van der Waals surface area contributed by atoms with Crippen molar-refractivity contribution < 1.29 is 17.9 Å². The van der Waals surface area contributed by atoms with Gasteiger partial charge >= 0.3 is 0 Å². The van der Waals surface area contributed by atoms with Crippen LogP contribution in [0.5, 0.6) is 5.75 Å². The fourth-order valence-corrected chi connectivity index (χ4v) is 5.41. The summed E-state index contributed by atoms with van der Waals surface area (Å²) in [6.07, 6.45) is 2.81. The van der Waals surface area contributed by atoms with Crippen molar-refractivity contribution in [1.29, 1.82) is 0 Å². The maximum absolute atomic E-state index is 12.8. The van der Waals surface area contributed by atoms with Crippen molar-refractivity contribution in [2.24, 2.45) is 5.92 Å². The highest BCUT2D eigenvalue weighted by atomic mass is 35.5. The van der Waals surface area contributed by atoms with Crippen LogP contribution in [0.2, 0.25) is 5.02 Å². The molecule has 0 unspecified atom stereocenters. The zero-order valence-electron chi connectivity index (χ0n) is 17.2. The molecule has 0 aliphatic carbocycles. The topological polar surface area (TPSA) is 75.7 Å². The summed E-state index contributed by atoms with van der Waals surface area (Å²) in [4.78, 5) is 14.5. The zero-order valence-corrected chi connectivity index (χ0v) is 18.7. The van der Waals surface area contributed by atoms with Crippen molar-refractivity contribution in [2.45, 2.75) is 37.1 Å². The molecule has 1 aliphatic heterocycles. The van der Waals surface area contributed by atoms with E-state index in [4.69, 9.17) is 16.3 Å². The average Bonchev–Trinajstić information content (AvgIpc) is 2.74. The number of nitrogens with one attached hydrogen (secondary N) is 1. The molecule has 0 spiro atoms. The summed E-state index contributed by atoms with van der Waals surface area (Å²) in [6.45, 7) is 2.82. The van der Waals surface area contributed by atoms with Crippen molar-refractivity contribution in [1.82, 2.24) is 9.62 Å². The number of hydrogen-bond acceptors (Lipinski definition) is 4. The molecule has 0 aromatic heterocycles. The molecule has 1 fully saturated rings. The molecule has 1 aliphatic rings. The molecule has 1 N–H and O–H groups in total. The molecule has 0 radical (unpaired) electrons. The number of rotatable bonds is 7. The third-order valence-corrected chi connectivity index (χ3v) is 7.21. The number of methoxy groups -OCH3 is 1. The summed E-state index contributed by atoms with van der Waals surface area (Å²) in [5.41, 5.74) is 1.30. The van der Waals surface area contributed by atoms with Gasteiger partial charge < -0.3 is 9.64 Å². The van der Waals surface area contributed by atoms with Crippen molar-refractivity contribution in [3.63, 3.8) is 0 Å². The highest BCUT2D eigenvalue weighted by molar-refractivity contribution is 7.89. The zero-order chi connectivity index (χ0) is 21.7. The normalized spacial score (nSPS) is 16.3. The highest BCUT2D eigenvalue weighted by Gasteiger charge is 2.30. The van der Waals surface area contributed by atoms with Crippen LogP contribution in [-0.4, -0.2) is 45.5 Å². The number of nitrogens with zero attached hydrogens (tertiary/aromatic N) is 1. The fraction of sp³-hybridized carbons (Fsp3) is 0.409. The van der Waals surface area contributed by atoms with Crippen LogP contribution in [0.1, 0.15) is 25.3 Å². The minimum absolute atomic E-state index is 0.0845. The lowest BCUT2D eigenvalue weighted by Gasteiger charge is -2.33. The molecule has 1 heterocycles. The Morgan fingerprint density at radius 2 is 1.87 bits per heavy atom. The first-order chi connectivity index (χ1) is 14.3. The number of sulfonamides is 1. The van der Waals surface area contributed by atoms with Crippen LogP contribution in [0.4, 0.5) is 0 Å². The maximum Gasteiger partial charge on any atom is 0.245 e. The third kappa shape index (κ3) is 5.53. The summed E-state index contributed by atoms with van der Waals surface area (Å²) >= 11 is 5.95. The van der Waals surface area contributed by atoms with Crippen LogP contribution in [0.25, 0.3) is 0 Å². The summed E-state index contributed by atoms with van der Waals surface area (Å²) in [5.74, 6) is 0.477. The molecule has 3 rings (SSSR count). The number of carbonyl (C=O) groups is 1. The van der Waals surface area contributed by atoms with Gasteiger partial charge in [-0.05, 0) is 55.9 Å². The van der Waals surface area contributed by atoms with Gasteiger partial charge in [0.2, 0.25) is 15.9 Å². The Balaban J connectivity index is 1.59. The number of amides is 1. The highest BCUT2D eigenvalue weighted by Crippen LogP contribution is 2.27. The van der Waals surface area contributed by atoms with Crippen molar-refractivity contribution in [3.05, 3.63) is 59.1 Å². The minimum atomic E-state index is -3.97. The Hall–Kier alpha value is -2.09. The molecule has 2 aromatic carbocycles. The third-order valence-electron chi connectivity index (χ3n) is 5.41. The SMILES string of the molecule is COc1ccc(Cl)cc1S(=O)(=O)N[C@H](C)C(=O)N1CCC(Cc2ccccc2)CC1. The van der Waals surface area contributed by atoms with Gasteiger partial charge in [0.05, 0.1) is 13.2 Å². The van der Waals surface area contributed by atoms with Gasteiger partial charge in [0.15, 0.2) is 0 Å². The second-order valence-corrected chi connectivity index (χ2v) is 9.72. The summed E-state index contributed by atoms with van der Waals surface area (Å²) in [6, 6.07) is 13.8. The molecule has 2 aromatic rings. The van der Waals surface area contributed by atoms with E-state index in [-0.39, 0.29) is 21.6 Å². The van der Waals surface area contributed by atoms with Crippen LogP contribution in [-0.2, 0) is 21.2 Å². The second kappa shape index (κ2) is 9.81. The summed E-state index contributed by atoms with van der Waals surface area (Å²) in [5, 5.41) is 0.274. The lowest BCUT2D eigenvalue weighted by Crippen LogP contribution is -2.49. The molecular weight excluding hydrogens is 424 g/mol. The number of halogens is 1. The van der Waals surface area contributed by atoms with Gasteiger partial charge in [0, 0.05) is 18.1 Å². The van der Waals surface area contributed by atoms with E-state index in [0.717, 1.165) is 19.3 Å². The monoisotopic (exact) mass is 450 g/mol. The minimum Gasteiger partial charge on any atom is -0.495 e. The van der Waals surface area contributed by atoms with Gasteiger partial charge in [-0.3, -0.25) is 4.79 Å². The van der Waals surface area contributed by atoms with Gasteiger partial charge in [-0.25, -0.2) is 8.42 Å². The Labute approximate surface area is 183 Å². The maximum atomic E-state index is 12.8. The van der Waals surface area contributed by atoms with Gasteiger partial charge in [0.25, 0.3) is 0 Å². The standard InChI is InChI=1S/C22H27ClN2O4S/c1-16(24-30(27,28)21-15-19(23)8-9-20(21)29-2)22(26)25-12-10-18(11-13-25)14-17-6-4-3-5-7-17/h3-9,15-16,18,24H,10-14H2,1-2H3/t16-/m1/s1. The summed E-state index contributed by atoms with van der Waals surface area (Å²) in [7, 11) is -2.58. The van der Waals surface area contributed by atoms with Crippen LogP contribution in [0.3, 0.4) is 0 Å². The predicted octanol–water partition coefficient (Wildman–Crippen LogP) is 3.50. The van der Waals surface area contributed by atoms with E-state index < -0.39 is 16.1 Å². The second-order valence-electron chi connectivity index (χ2n) is 7.60. The van der Waals surface area contributed by atoms with Crippen LogP contribution in [0, 0.1) is 5.92 Å².